The number of aromatic amines is 1. The normalized spacial score (nSPS) is 22.4. The van der Waals surface area contributed by atoms with Gasteiger partial charge in [0.2, 0.25) is 5.95 Å². The molecule has 1 aliphatic rings. The molecule has 0 radical (unpaired) electrons. The molecular weight excluding hydrogens is 446 g/mol. The number of aliphatic hydroxyl groups is 3. The molecule has 9 heteroatoms. The second-order valence-electron chi connectivity index (χ2n) is 9.23. The molecule has 4 aromatic carbocycles. The molecule has 174 valence electrons. The number of aryl methyl sites for hydroxylation is 1. The largest absolute Gasteiger partial charge is 0.388 e. The number of imidazole rings is 1. The van der Waals surface area contributed by atoms with Crippen molar-refractivity contribution in [2.45, 2.75) is 24.4 Å². The lowest BCUT2D eigenvalue weighted by molar-refractivity contribution is -0.0767. The Hall–Kier alpha value is -4.05. The maximum atomic E-state index is 12.6. The lowest BCUT2D eigenvalue weighted by atomic mass is 9.77. The number of aromatic nitrogens is 4. The third-order valence-electron chi connectivity index (χ3n) is 7.23. The summed E-state index contributed by atoms with van der Waals surface area (Å²) < 4.78 is 1.63. The predicted molar refractivity (Wildman–Crippen MR) is 133 cm³/mol. The molecule has 6 aromatic rings. The van der Waals surface area contributed by atoms with Gasteiger partial charge >= 0.3 is 0 Å². The van der Waals surface area contributed by atoms with Gasteiger partial charge in [0, 0.05) is 7.05 Å². The first-order valence-corrected chi connectivity index (χ1v) is 11.3. The number of rotatable bonds is 2. The Labute approximate surface area is 197 Å². The molecule has 5 N–H and O–H groups in total. The highest BCUT2D eigenvalue weighted by molar-refractivity contribution is 6.24. The maximum absolute atomic E-state index is 12.6. The second-order valence-corrected chi connectivity index (χ2v) is 9.23. The van der Waals surface area contributed by atoms with Crippen LogP contribution in [0.2, 0.25) is 0 Å². The van der Waals surface area contributed by atoms with Gasteiger partial charge in [-0.2, -0.15) is 4.98 Å². The first kappa shape index (κ1) is 20.3. The first-order chi connectivity index (χ1) is 16.9. The highest BCUT2D eigenvalue weighted by Gasteiger charge is 2.42. The van der Waals surface area contributed by atoms with Crippen molar-refractivity contribution in [3.63, 3.8) is 0 Å². The van der Waals surface area contributed by atoms with Crippen LogP contribution in [0.4, 0.5) is 5.95 Å². The van der Waals surface area contributed by atoms with Crippen LogP contribution in [0.3, 0.4) is 0 Å². The number of nitrogens with zero attached hydrogens (tertiary/aromatic N) is 3. The fourth-order valence-electron chi connectivity index (χ4n) is 5.57. The fraction of sp³-hybridized carbons (Fsp3) is 0.192. The van der Waals surface area contributed by atoms with Crippen LogP contribution in [0.15, 0.2) is 59.7 Å². The minimum absolute atomic E-state index is 0.135. The van der Waals surface area contributed by atoms with Crippen LogP contribution < -0.4 is 10.9 Å². The fourth-order valence-corrected chi connectivity index (χ4v) is 5.57. The Balaban J connectivity index is 1.50. The van der Waals surface area contributed by atoms with Crippen molar-refractivity contribution in [3.05, 3.63) is 76.3 Å². The standard InChI is InChI=1S/C26H21N5O4/c1-31-10-27-20-24(31)29-26(30-25(20)35)28-19-18-14-8-7-12-4-2-3-11-5-6-13(17(14)16(11)12)9-15(18)21(32)23(34)22(19)33/h2-10,19,21-23,32-34H,1H3,(H2,28,29,30,35)/t19-,21-,22-,23+/m0/s1. The van der Waals surface area contributed by atoms with Crippen LogP contribution in [0.1, 0.15) is 23.3 Å². The van der Waals surface area contributed by atoms with E-state index >= 15 is 0 Å². The molecule has 0 fully saturated rings. The molecule has 4 atom stereocenters. The van der Waals surface area contributed by atoms with E-state index in [9.17, 15) is 20.1 Å². The van der Waals surface area contributed by atoms with Crippen molar-refractivity contribution in [2.24, 2.45) is 7.05 Å². The number of hydrogen-bond acceptors (Lipinski definition) is 7. The molecule has 2 aromatic heterocycles. The van der Waals surface area contributed by atoms with Gasteiger partial charge in [0.25, 0.3) is 5.56 Å². The number of nitrogens with one attached hydrogen (secondary N) is 2. The summed E-state index contributed by atoms with van der Waals surface area (Å²) in [5.74, 6) is 0.135. The third kappa shape index (κ3) is 2.71. The lowest BCUT2D eigenvalue weighted by Gasteiger charge is -2.38. The minimum atomic E-state index is -1.43. The summed E-state index contributed by atoms with van der Waals surface area (Å²) in [6.45, 7) is 0. The average Bonchev–Trinajstić information content (AvgIpc) is 3.24. The maximum Gasteiger partial charge on any atom is 0.280 e. The monoisotopic (exact) mass is 467 g/mol. The first-order valence-electron chi connectivity index (χ1n) is 11.3. The summed E-state index contributed by atoms with van der Waals surface area (Å²) in [6, 6.07) is 15.2. The molecule has 0 bridgehead atoms. The van der Waals surface area contributed by atoms with Gasteiger partial charge in [-0.15, -0.1) is 0 Å². The highest BCUT2D eigenvalue weighted by Crippen LogP contribution is 2.46. The molecule has 0 aliphatic heterocycles. The van der Waals surface area contributed by atoms with E-state index in [0.29, 0.717) is 16.8 Å². The molecule has 35 heavy (non-hydrogen) atoms. The van der Waals surface area contributed by atoms with Crippen molar-refractivity contribution in [3.8, 4) is 0 Å². The Bertz CT molecular complexity index is 1830. The number of aliphatic hydroxyl groups excluding tert-OH is 3. The summed E-state index contributed by atoms with van der Waals surface area (Å²) in [5, 5.41) is 42.0. The van der Waals surface area contributed by atoms with Crippen molar-refractivity contribution in [1.82, 2.24) is 19.5 Å². The van der Waals surface area contributed by atoms with Crippen LogP contribution in [-0.2, 0) is 7.05 Å². The number of benzene rings is 4. The van der Waals surface area contributed by atoms with Crippen molar-refractivity contribution in [1.29, 1.82) is 0 Å². The third-order valence-corrected chi connectivity index (χ3v) is 7.23. The van der Waals surface area contributed by atoms with Gasteiger partial charge in [-0.05, 0) is 49.5 Å². The van der Waals surface area contributed by atoms with Crippen LogP contribution >= 0.6 is 0 Å². The molecule has 0 unspecified atom stereocenters. The van der Waals surface area contributed by atoms with E-state index in [1.54, 1.807) is 11.6 Å². The second kappa shape index (κ2) is 6.98. The van der Waals surface area contributed by atoms with Gasteiger partial charge in [0.1, 0.15) is 18.3 Å². The molecule has 1 aliphatic carbocycles. The predicted octanol–water partition coefficient (Wildman–Crippen LogP) is 2.48. The quantitative estimate of drug-likeness (QED) is 0.247. The molecule has 0 saturated carbocycles. The van der Waals surface area contributed by atoms with E-state index in [4.69, 9.17) is 0 Å². The van der Waals surface area contributed by atoms with Gasteiger partial charge in [0.15, 0.2) is 11.2 Å². The van der Waals surface area contributed by atoms with Gasteiger partial charge in [-0.3, -0.25) is 9.78 Å². The Morgan fingerprint density at radius 3 is 2.51 bits per heavy atom. The molecular formula is C26H21N5O4. The summed E-state index contributed by atoms with van der Waals surface area (Å²) in [4.78, 5) is 23.8. The van der Waals surface area contributed by atoms with E-state index < -0.39 is 29.9 Å². The van der Waals surface area contributed by atoms with Crippen molar-refractivity contribution < 1.29 is 15.3 Å². The van der Waals surface area contributed by atoms with Crippen LogP contribution in [0, 0.1) is 0 Å². The van der Waals surface area contributed by atoms with Crippen LogP contribution in [0.5, 0.6) is 0 Å². The molecule has 7 rings (SSSR count). The molecule has 9 nitrogen and oxygen atoms in total. The summed E-state index contributed by atoms with van der Waals surface area (Å²) in [6.07, 6.45) is -2.55. The van der Waals surface area contributed by atoms with Crippen LogP contribution in [0.25, 0.3) is 43.5 Å². The average molecular weight is 467 g/mol. The lowest BCUT2D eigenvalue weighted by Crippen LogP contribution is -2.44. The van der Waals surface area contributed by atoms with E-state index in [1.807, 2.05) is 36.4 Å². The van der Waals surface area contributed by atoms with E-state index in [2.05, 4.69) is 32.4 Å². The number of H-pyrrole nitrogens is 1. The van der Waals surface area contributed by atoms with Gasteiger partial charge in [-0.1, -0.05) is 42.5 Å². The number of hydrogen-bond donors (Lipinski definition) is 5. The van der Waals surface area contributed by atoms with E-state index in [1.165, 1.54) is 6.33 Å². The highest BCUT2D eigenvalue weighted by atomic mass is 16.4. The molecule has 2 heterocycles. The Morgan fingerprint density at radius 1 is 0.971 bits per heavy atom. The molecule has 0 spiro atoms. The van der Waals surface area contributed by atoms with Gasteiger partial charge < -0.3 is 25.2 Å². The van der Waals surface area contributed by atoms with Crippen molar-refractivity contribution >= 4 is 49.4 Å². The summed E-state index contributed by atoms with van der Waals surface area (Å²) in [7, 11) is 1.74. The zero-order valence-corrected chi connectivity index (χ0v) is 18.6. The Morgan fingerprint density at radius 2 is 1.71 bits per heavy atom. The number of fused-ring (bicyclic) bond motifs is 3. The topological polar surface area (TPSA) is 136 Å². The SMILES string of the molecule is Cn1cnc2c(=O)[nH]c(N[C@H]3c4c(cc5ccc6cccc7ccc4c5c67)[C@H](O)[C@@H](O)[C@H]3O)nc21. The van der Waals surface area contributed by atoms with Crippen LogP contribution in [-0.4, -0.2) is 47.0 Å². The summed E-state index contributed by atoms with van der Waals surface area (Å²) in [5.41, 5.74) is 1.36. The van der Waals surface area contributed by atoms with E-state index in [-0.39, 0.29) is 11.5 Å². The Kier molecular flexibility index (Phi) is 4.06. The van der Waals surface area contributed by atoms with Gasteiger partial charge in [0.05, 0.1) is 12.4 Å². The molecule has 0 amide bonds. The minimum Gasteiger partial charge on any atom is -0.388 e. The van der Waals surface area contributed by atoms with Gasteiger partial charge in [-0.25, -0.2) is 4.98 Å². The smallest absolute Gasteiger partial charge is 0.280 e. The van der Waals surface area contributed by atoms with E-state index in [0.717, 1.165) is 32.3 Å². The summed E-state index contributed by atoms with van der Waals surface area (Å²) >= 11 is 0. The zero-order valence-electron chi connectivity index (χ0n) is 18.6. The van der Waals surface area contributed by atoms with Crippen molar-refractivity contribution in [2.75, 3.05) is 5.32 Å². The zero-order chi connectivity index (χ0) is 24.0. The molecule has 0 saturated heterocycles. The number of anilines is 1.